The van der Waals surface area contributed by atoms with Gasteiger partial charge in [0, 0.05) is 6.07 Å². The van der Waals surface area contributed by atoms with Gasteiger partial charge in [-0.05, 0) is 48.4 Å². The summed E-state index contributed by atoms with van der Waals surface area (Å²) in [7, 11) is 3.09. The zero-order valence-electron chi connectivity index (χ0n) is 13.8. The molecule has 0 unspecified atom stereocenters. The summed E-state index contributed by atoms with van der Waals surface area (Å²) in [6, 6.07) is 8.91. The highest BCUT2D eigenvalue weighted by Crippen LogP contribution is 2.36. The second kappa shape index (κ2) is 6.66. The molecule has 0 saturated heterocycles. The van der Waals surface area contributed by atoms with Crippen LogP contribution in [0.15, 0.2) is 36.4 Å². The number of rotatable bonds is 5. The number of hydrogen-bond acceptors (Lipinski definition) is 5. The summed E-state index contributed by atoms with van der Waals surface area (Å²) in [5.41, 5.74) is 2.32. The highest BCUT2D eigenvalue weighted by Gasteiger charge is 2.16. The van der Waals surface area contributed by atoms with Gasteiger partial charge in [-0.3, -0.25) is 4.79 Å². The third kappa shape index (κ3) is 3.06. The second-order valence-electron chi connectivity index (χ2n) is 5.34. The molecule has 2 aromatic rings. The molecule has 24 heavy (non-hydrogen) atoms. The Morgan fingerprint density at radius 1 is 1.12 bits per heavy atom. The van der Waals surface area contributed by atoms with Gasteiger partial charge in [-0.15, -0.1) is 0 Å². The molecule has 0 aliphatic carbocycles. The molecule has 2 aromatic carbocycles. The van der Waals surface area contributed by atoms with Gasteiger partial charge >= 0.3 is 0 Å². The van der Waals surface area contributed by atoms with E-state index in [-0.39, 0.29) is 12.6 Å². The summed E-state index contributed by atoms with van der Waals surface area (Å²) in [6.07, 6.45) is 3.27. The second-order valence-corrected chi connectivity index (χ2v) is 5.34. The number of aryl methyl sites for hydroxylation is 1. The minimum absolute atomic E-state index is 0.148. The van der Waals surface area contributed by atoms with Gasteiger partial charge in [0.25, 0.3) is 0 Å². The Hall–Kier alpha value is -2.95. The van der Waals surface area contributed by atoms with Crippen molar-refractivity contribution in [1.29, 1.82) is 0 Å². The fraction of sp³-hybridized carbons (Fsp3) is 0.211. The van der Waals surface area contributed by atoms with Crippen LogP contribution < -0.4 is 18.9 Å². The van der Waals surface area contributed by atoms with E-state index in [9.17, 15) is 4.79 Å². The first kappa shape index (κ1) is 15.9. The van der Waals surface area contributed by atoms with Crippen molar-refractivity contribution in [3.05, 3.63) is 53.1 Å². The normalized spacial score (nSPS) is 12.5. The Bertz CT molecular complexity index is 808. The molecular weight excluding hydrogens is 308 g/mol. The number of ketones is 1. The van der Waals surface area contributed by atoms with Crippen molar-refractivity contribution in [2.24, 2.45) is 0 Å². The lowest BCUT2D eigenvalue weighted by atomic mass is 10.1. The Morgan fingerprint density at radius 3 is 2.71 bits per heavy atom. The van der Waals surface area contributed by atoms with Crippen molar-refractivity contribution >= 4 is 11.9 Å². The number of benzene rings is 2. The number of hydrogen-bond donors (Lipinski definition) is 0. The first-order valence-electron chi connectivity index (χ1n) is 7.47. The number of carbonyl (C=O) groups excluding carboxylic acids is 1. The number of ether oxygens (including phenoxy) is 4. The minimum atomic E-state index is -0.148. The van der Waals surface area contributed by atoms with Crippen LogP contribution in [-0.4, -0.2) is 26.8 Å². The summed E-state index contributed by atoms with van der Waals surface area (Å²) < 4.78 is 21.2. The molecular formula is C19H18O5. The van der Waals surface area contributed by atoms with E-state index in [2.05, 4.69) is 0 Å². The van der Waals surface area contributed by atoms with Crippen molar-refractivity contribution in [2.75, 3.05) is 21.0 Å². The quantitative estimate of drug-likeness (QED) is 0.620. The summed E-state index contributed by atoms with van der Waals surface area (Å²) in [5.74, 6) is 2.42. The predicted octanol–water partition coefficient (Wildman–Crippen LogP) is 3.64. The van der Waals surface area contributed by atoms with E-state index in [1.54, 1.807) is 31.4 Å². The molecule has 0 radical (unpaired) electrons. The lowest BCUT2D eigenvalue weighted by Gasteiger charge is -2.08. The lowest BCUT2D eigenvalue weighted by molar-refractivity contribution is 0.104. The van der Waals surface area contributed by atoms with Gasteiger partial charge in [0.15, 0.2) is 17.3 Å². The Labute approximate surface area is 140 Å². The van der Waals surface area contributed by atoms with Gasteiger partial charge < -0.3 is 18.9 Å². The SMILES string of the molecule is COc1ccc(C(=O)/C=C/c2cc(C)c3c(c2)OCO3)c(OC)c1. The third-order valence-corrected chi connectivity index (χ3v) is 3.78. The molecule has 0 bridgehead atoms. The van der Waals surface area contributed by atoms with Crippen LogP contribution in [0.1, 0.15) is 21.5 Å². The van der Waals surface area contributed by atoms with E-state index in [4.69, 9.17) is 18.9 Å². The molecule has 0 amide bonds. The van der Waals surface area contributed by atoms with Crippen LogP contribution >= 0.6 is 0 Å². The summed E-state index contributed by atoms with van der Waals surface area (Å²) in [4.78, 5) is 12.5. The van der Waals surface area contributed by atoms with Gasteiger partial charge in [-0.1, -0.05) is 6.08 Å². The molecule has 1 aliphatic heterocycles. The van der Waals surface area contributed by atoms with E-state index >= 15 is 0 Å². The molecule has 5 nitrogen and oxygen atoms in total. The molecule has 0 atom stereocenters. The zero-order chi connectivity index (χ0) is 17.1. The first-order chi connectivity index (χ1) is 11.6. The summed E-state index contributed by atoms with van der Waals surface area (Å²) in [6.45, 7) is 2.17. The van der Waals surface area contributed by atoms with E-state index in [1.165, 1.54) is 13.2 Å². The molecule has 124 valence electrons. The lowest BCUT2D eigenvalue weighted by Crippen LogP contribution is -1.99. The highest BCUT2D eigenvalue weighted by molar-refractivity contribution is 6.08. The highest BCUT2D eigenvalue weighted by atomic mass is 16.7. The summed E-state index contributed by atoms with van der Waals surface area (Å²) in [5, 5.41) is 0. The fourth-order valence-corrected chi connectivity index (χ4v) is 2.57. The van der Waals surface area contributed by atoms with Crippen LogP contribution in [0.25, 0.3) is 6.08 Å². The Morgan fingerprint density at radius 2 is 1.96 bits per heavy atom. The smallest absolute Gasteiger partial charge is 0.231 e. The molecule has 0 N–H and O–H groups in total. The average molecular weight is 326 g/mol. The van der Waals surface area contributed by atoms with Crippen molar-refractivity contribution in [1.82, 2.24) is 0 Å². The molecule has 1 heterocycles. The fourth-order valence-electron chi connectivity index (χ4n) is 2.57. The summed E-state index contributed by atoms with van der Waals surface area (Å²) >= 11 is 0. The molecule has 1 aliphatic rings. The zero-order valence-corrected chi connectivity index (χ0v) is 13.8. The topological polar surface area (TPSA) is 54.0 Å². The maximum absolute atomic E-state index is 12.5. The van der Waals surface area contributed by atoms with Crippen LogP contribution in [0.4, 0.5) is 0 Å². The monoisotopic (exact) mass is 326 g/mol. The average Bonchev–Trinajstić information content (AvgIpc) is 3.08. The molecule has 3 rings (SSSR count). The van der Waals surface area contributed by atoms with Gasteiger partial charge in [-0.25, -0.2) is 0 Å². The number of fused-ring (bicyclic) bond motifs is 1. The Kier molecular flexibility index (Phi) is 4.42. The Balaban J connectivity index is 1.85. The van der Waals surface area contributed by atoms with Crippen LogP contribution in [0.5, 0.6) is 23.0 Å². The van der Waals surface area contributed by atoms with Crippen LogP contribution in [0, 0.1) is 6.92 Å². The molecule has 0 saturated carbocycles. The molecule has 0 spiro atoms. The van der Waals surface area contributed by atoms with Gasteiger partial charge in [0.05, 0.1) is 19.8 Å². The maximum Gasteiger partial charge on any atom is 0.231 e. The molecule has 0 aromatic heterocycles. The van der Waals surface area contributed by atoms with Gasteiger partial charge in [0.1, 0.15) is 11.5 Å². The van der Waals surface area contributed by atoms with Crippen molar-refractivity contribution in [2.45, 2.75) is 6.92 Å². The van der Waals surface area contributed by atoms with Crippen molar-refractivity contribution in [3.8, 4) is 23.0 Å². The largest absolute Gasteiger partial charge is 0.497 e. The minimum Gasteiger partial charge on any atom is -0.497 e. The molecule has 0 fully saturated rings. The number of carbonyl (C=O) groups is 1. The standard InChI is InChI=1S/C19H18O5/c1-12-8-13(9-18-19(12)24-11-23-18)4-7-16(20)15-6-5-14(21-2)10-17(15)22-3/h4-10H,11H2,1-3H3/b7-4+. The van der Waals surface area contributed by atoms with Gasteiger partial charge in [0.2, 0.25) is 6.79 Å². The first-order valence-corrected chi connectivity index (χ1v) is 7.47. The maximum atomic E-state index is 12.5. The van der Waals surface area contributed by atoms with E-state index < -0.39 is 0 Å². The van der Waals surface area contributed by atoms with Crippen molar-refractivity contribution < 1.29 is 23.7 Å². The van der Waals surface area contributed by atoms with Crippen LogP contribution in [0.3, 0.4) is 0 Å². The van der Waals surface area contributed by atoms with Crippen LogP contribution in [-0.2, 0) is 0 Å². The molecule has 5 heteroatoms. The van der Waals surface area contributed by atoms with E-state index in [0.717, 1.165) is 16.9 Å². The number of allylic oxidation sites excluding steroid dienone is 1. The van der Waals surface area contributed by atoms with Crippen LogP contribution in [0.2, 0.25) is 0 Å². The third-order valence-electron chi connectivity index (χ3n) is 3.78. The van der Waals surface area contributed by atoms with E-state index in [1.807, 2.05) is 19.1 Å². The van der Waals surface area contributed by atoms with Crippen molar-refractivity contribution in [3.63, 3.8) is 0 Å². The van der Waals surface area contributed by atoms with E-state index in [0.29, 0.717) is 22.8 Å². The predicted molar refractivity (Wildman–Crippen MR) is 90.2 cm³/mol. The number of methoxy groups -OCH3 is 2. The van der Waals surface area contributed by atoms with Gasteiger partial charge in [-0.2, -0.15) is 0 Å².